The number of pyridine rings is 1. The minimum atomic E-state index is -0.131. The molecule has 0 bridgehead atoms. The first kappa shape index (κ1) is 12.6. The van der Waals surface area contributed by atoms with Crippen molar-refractivity contribution in [1.29, 1.82) is 0 Å². The van der Waals surface area contributed by atoms with Crippen LogP contribution in [-0.4, -0.2) is 37.0 Å². The van der Waals surface area contributed by atoms with Crippen molar-refractivity contribution in [2.24, 2.45) is 0 Å². The molecule has 0 radical (unpaired) electrons. The van der Waals surface area contributed by atoms with Crippen LogP contribution >= 0.6 is 15.9 Å². The summed E-state index contributed by atoms with van der Waals surface area (Å²) in [5.74, 6) is 0. The molecular weight excluding hydrogens is 260 g/mol. The van der Waals surface area contributed by atoms with Gasteiger partial charge in [0.25, 0.3) is 0 Å². The third-order valence-electron chi connectivity index (χ3n) is 1.99. The van der Waals surface area contributed by atoms with Crippen molar-refractivity contribution in [3.05, 3.63) is 28.5 Å². The summed E-state index contributed by atoms with van der Waals surface area (Å²) in [6, 6.07) is 3.65. The Morgan fingerprint density at radius 1 is 1.60 bits per heavy atom. The van der Waals surface area contributed by atoms with E-state index < -0.39 is 0 Å². The molecule has 1 aromatic rings. The van der Waals surface area contributed by atoms with Crippen LogP contribution in [0.2, 0.25) is 0 Å². The molecule has 0 saturated heterocycles. The lowest BCUT2D eigenvalue weighted by molar-refractivity contribution is 0.183. The van der Waals surface area contributed by atoms with Gasteiger partial charge in [0.2, 0.25) is 0 Å². The number of hydrogen-bond donors (Lipinski definition) is 2. The Balaban J connectivity index is 2.53. The van der Waals surface area contributed by atoms with Gasteiger partial charge in [0.05, 0.1) is 24.9 Å². The third kappa shape index (κ3) is 4.25. The Morgan fingerprint density at radius 2 is 2.40 bits per heavy atom. The molecular formula is C10H15BrN2O2. The zero-order valence-corrected chi connectivity index (χ0v) is 10.2. The third-order valence-corrected chi connectivity index (χ3v) is 2.46. The van der Waals surface area contributed by atoms with E-state index in [1.165, 1.54) is 0 Å². The number of methoxy groups -OCH3 is 1. The minimum Gasteiger partial charge on any atom is -0.394 e. The van der Waals surface area contributed by atoms with Crippen LogP contribution in [0, 0.1) is 0 Å². The molecule has 0 spiro atoms. The lowest BCUT2D eigenvalue weighted by atomic mass is 10.2. The van der Waals surface area contributed by atoms with Gasteiger partial charge in [-0.15, -0.1) is 0 Å². The molecule has 0 saturated carbocycles. The molecule has 1 heterocycles. The van der Waals surface area contributed by atoms with E-state index in [1.54, 1.807) is 13.3 Å². The molecule has 0 aliphatic rings. The molecule has 0 fully saturated rings. The summed E-state index contributed by atoms with van der Waals surface area (Å²) < 4.78 is 5.85. The van der Waals surface area contributed by atoms with Crippen LogP contribution < -0.4 is 5.32 Å². The number of aliphatic hydroxyl groups excluding tert-OH is 1. The number of nitrogens with zero attached hydrogens (tertiary/aromatic N) is 1. The van der Waals surface area contributed by atoms with Crippen molar-refractivity contribution in [3.63, 3.8) is 0 Å². The first-order valence-electron chi connectivity index (χ1n) is 4.72. The van der Waals surface area contributed by atoms with E-state index in [0.29, 0.717) is 13.2 Å². The maximum atomic E-state index is 9.19. The van der Waals surface area contributed by atoms with Crippen LogP contribution in [-0.2, 0) is 4.74 Å². The summed E-state index contributed by atoms with van der Waals surface area (Å²) in [5.41, 5.74) is 0.830. The summed E-state index contributed by atoms with van der Waals surface area (Å²) in [6.07, 6.45) is 1.72. The molecule has 4 nitrogen and oxygen atoms in total. The fourth-order valence-electron chi connectivity index (χ4n) is 1.19. The second-order valence-electron chi connectivity index (χ2n) is 3.08. The monoisotopic (exact) mass is 274 g/mol. The summed E-state index contributed by atoms with van der Waals surface area (Å²) in [4.78, 5) is 4.22. The van der Waals surface area contributed by atoms with Crippen molar-refractivity contribution in [2.45, 2.75) is 6.04 Å². The van der Waals surface area contributed by atoms with Gasteiger partial charge in [-0.25, -0.2) is 0 Å². The van der Waals surface area contributed by atoms with Crippen LogP contribution in [0.5, 0.6) is 0 Å². The average Bonchev–Trinajstić information content (AvgIpc) is 2.26. The molecule has 1 atom stereocenters. The van der Waals surface area contributed by atoms with Gasteiger partial charge in [-0.05, 0) is 28.1 Å². The first-order valence-corrected chi connectivity index (χ1v) is 5.52. The van der Waals surface area contributed by atoms with Gasteiger partial charge >= 0.3 is 0 Å². The number of aliphatic hydroxyl groups is 1. The van der Waals surface area contributed by atoms with Gasteiger partial charge in [0.15, 0.2) is 0 Å². The van der Waals surface area contributed by atoms with E-state index in [0.717, 1.165) is 10.2 Å². The molecule has 0 aliphatic heterocycles. The molecule has 0 aliphatic carbocycles. The van der Waals surface area contributed by atoms with Gasteiger partial charge < -0.3 is 15.2 Å². The van der Waals surface area contributed by atoms with Crippen LogP contribution in [0.15, 0.2) is 22.8 Å². The molecule has 5 heteroatoms. The molecule has 0 aromatic carbocycles. The summed E-state index contributed by atoms with van der Waals surface area (Å²) in [5, 5.41) is 12.3. The van der Waals surface area contributed by atoms with Crippen LogP contribution in [0.1, 0.15) is 11.7 Å². The number of rotatable bonds is 6. The second-order valence-corrected chi connectivity index (χ2v) is 4.00. The lowest BCUT2D eigenvalue weighted by Gasteiger charge is -2.15. The highest BCUT2D eigenvalue weighted by Crippen LogP contribution is 2.13. The first-order chi connectivity index (χ1) is 7.27. The van der Waals surface area contributed by atoms with Crippen LogP contribution in [0.3, 0.4) is 0 Å². The number of nitrogens with one attached hydrogen (secondary N) is 1. The van der Waals surface area contributed by atoms with Crippen molar-refractivity contribution < 1.29 is 9.84 Å². The van der Waals surface area contributed by atoms with Crippen LogP contribution in [0.4, 0.5) is 0 Å². The summed E-state index contributed by atoms with van der Waals surface area (Å²) in [6.45, 7) is 1.34. The molecule has 15 heavy (non-hydrogen) atoms. The predicted molar refractivity (Wildman–Crippen MR) is 61.6 cm³/mol. The van der Waals surface area contributed by atoms with Gasteiger partial charge in [0.1, 0.15) is 0 Å². The maximum Gasteiger partial charge on any atom is 0.0730 e. The highest BCUT2D eigenvalue weighted by Gasteiger charge is 2.10. The normalized spacial score (nSPS) is 12.7. The number of halogens is 1. The Hall–Kier alpha value is -0.490. The van der Waals surface area contributed by atoms with Gasteiger partial charge in [0, 0.05) is 24.3 Å². The topological polar surface area (TPSA) is 54.4 Å². The molecule has 2 N–H and O–H groups in total. The van der Waals surface area contributed by atoms with Crippen molar-refractivity contribution in [3.8, 4) is 0 Å². The highest BCUT2D eigenvalue weighted by molar-refractivity contribution is 9.10. The van der Waals surface area contributed by atoms with Gasteiger partial charge in [-0.2, -0.15) is 0 Å². The minimum absolute atomic E-state index is 0.0261. The molecule has 1 unspecified atom stereocenters. The predicted octanol–water partition coefficient (Wildman–Crippen LogP) is 1.11. The molecule has 1 rings (SSSR count). The van der Waals surface area contributed by atoms with Crippen molar-refractivity contribution >= 4 is 15.9 Å². The highest BCUT2D eigenvalue weighted by atomic mass is 79.9. The quantitative estimate of drug-likeness (QED) is 0.764. The lowest BCUT2D eigenvalue weighted by Crippen LogP contribution is -2.28. The fourth-order valence-corrected chi connectivity index (χ4v) is 1.43. The molecule has 84 valence electrons. The average molecular weight is 275 g/mol. The zero-order chi connectivity index (χ0) is 11.1. The summed E-state index contributed by atoms with van der Waals surface area (Å²) >= 11 is 3.31. The van der Waals surface area contributed by atoms with E-state index in [-0.39, 0.29) is 12.6 Å². The summed E-state index contributed by atoms with van der Waals surface area (Å²) in [7, 11) is 1.65. The van der Waals surface area contributed by atoms with E-state index in [2.05, 4.69) is 26.2 Å². The number of hydrogen-bond acceptors (Lipinski definition) is 4. The largest absolute Gasteiger partial charge is 0.394 e. The molecule has 1 aromatic heterocycles. The number of aromatic nitrogens is 1. The van der Waals surface area contributed by atoms with E-state index in [1.807, 2.05) is 12.1 Å². The fraction of sp³-hybridized carbons (Fsp3) is 0.500. The zero-order valence-electron chi connectivity index (χ0n) is 8.61. The van der Waals surface area contributed by atoms with Crippen molar-refractivity contribution in [1.82, 2.24) is 10.3 Å². The smallest absolute Gasteiger partial charge is 0.0730 e. The van der Waals surface area contributed by atoms with E-state index >= 15 is 0 Å². The Bertz CT molecular complexity index is 279. The van der Waals surface area contributed by atoms with Crippen molar-refractivity contribution in [2.75, 3.05) is 26.9 Å². The standard InChI is InChI=1S/C10H15BrN2O2/c1-15-5-4-12-10(7-14)9-3-2-8(11)6-13-9/h2-3,6,10,12,14H,4-5,7H2,1H3. The Kier molecular flexibility index (Phi) is 5.78. The Labute approximate surface area is 97.8 Å². The van der Waals surface area contributed by atoms with E-state index in [4.69, 9.17) is 4.74 Å². The number of ether oxygens (including phenoxy) is 1. The van der Waals surface area contributed by atoms with E-state index in [9.17, 15) is 5.11 Å². The SMILES string of the molecule is COCCNC(CO)c1ccc(Br)cn1. The maximum absolute atomic E-state index is 9.19. The Morgan fingerprint density at radius 3 is 2.93 bits per heavy atom. The molecule has 0 amide bonds. The van der Waals surface area contributed by atoms with Gasteiger partial charge in [-0.1, -0.05) is 0 Å². The van der Waals surface area contributed by atoms with Crippen LogP contribution in [0.25, 0.3) is 0 Å². The van der Waals surface area contributed by atoms with Gasteiger partial charge in [-0.3, -0.25) is 4.98 Å². The second kappa shape index (κ2) is 6.90.